The number of anilines is 1. The predicted molar refractivity (Wildman–Crippen MR) is 130 cm³/mol. The molecule has 0 N–H and O–H groups in total. The van der Waals surface area contributed by atoms with Crippen LogP contribution in [0.4, 0.5) is 5.13 Å². The van der Waals surface area contributed by atoms with Crippen molar-refractivity contribution in [1.29, 1.82) is 0 Å². The third kappa shape index (κ3) is 4.42. The highest BCUT2D eigenvalue weighted by Gasteiger charge is 2.38. The number of aryl methyl sites for hydroxylation is 1. The molecule has 1 amide bonds. The molecule has 2 heterocycles. The van der Waals surface area contributed by atoms with Gasteiger partial charge >= 0.3 is 0 Å². The number of benzene rings is 2. The first-order chi connectivity index (χ1) is 15.4. The molecule has 170 valence electrons. The SMILES string of the molecule is CCN(CC)CCN(C(=O)C1Oc2ccccc2OC1C)c1nc2c(C)c(Cl)ccc2s1. The summed E-state index contributed by atoms with van der Waals surface area (Å²) in [5, 5.41) is 1.32. The number of amides is 1. The molecule has 2 unspecified atom stereocenters. The minimum atomic E-state index is -0.752. The molecule has 6 nitrogen and oxygen atoms in total. The minimum absolute atomic E-state index is 0.151. The van der Waals surface area contributed by atoms with Crippen molar-refractivity contribution in [2.75, 3.05) is 31.1 Å². The Labute approximate surface area is 197 Å². The fourth-order valence-electron chi connectivity index (χ4n) is 3.83. The number of thiazole rings is 1. The van der Waals surface area contributed by atoms with Gasteiger partial charge in [0.2, 0.25) is 6.10 Å². The molecular weight excluding hydrogens is 446 g/mol. The molecule has 32 heavy (non-hydrogen) atoms. The zero-order valence-corrected chi connectivity index (χ0v) is 20.4. The highest BCUT2D eigenvalue weighted by Crippen LogP contribution is 2.36. The molecular formula is C24H28ClN3O3S. The van der Waals surface area contributed by atoms with Crippen LogP contribution < -0.4 is 14.4 Å². The number of carbonyl (C=O) groups is 1. The van der Waals surface area contributed by atoms with Crippen LogP contribution in [-0.4, -0.2) is 54.2 Å². The Bertz CT molecular complexity index is 1120. The summed E-state index contributed by atoms with van der Waals surface area (Å²) in [4.78, 5) is 22.6. The van der Waals surface area contributed by atoms with Gasteiger partial charge < -0.3 is 14.4 Å². The third-order valence-corrected chi connectivity index (χ3v) is 7.31. The van der Waals surface area contributed by atoms with E-state index in [1.54, 1.807) is 4.90 Å². The van der Waals surface area contributed by atoms with Crippen LogP contribution in [0.5, 0.6) is 11.5 Å². The van der Waals surface area contributed by atoms with Gasteiger partial charge in [0.25, 0.3) is 5.91 Å². The molecule has 8 heteroatoms. The van der Waals surface area contributed by atoms with Gasteiger partial charge in [0.05, 0.1) is 10.2 Å². The summed E-state index contributed by atoms with van der Waals surface area (Å²) < 4.78 is 13.1. The van der Waals surface area contributed by atoms with Gasteiger partial charge in [-0.1, -0.05) is 48.9 Å². The van der Waals surface area contributed by atoms with Crippen molar-refractivity contribution in [3.05, 3.63) is 47.0 Å². The highest BCUT2D eigenvalue weighted by molar-refractivity contribution is 7.22. The summed E-state index contributed by atoms with van der Waals surface area (Å²) in [7, 11) is 0. The van der Waals surface area contributed by atoms with Gasteiger partial charge in [-0.25, -0.2) is 4.98 Å². The standard InChI is InChI=1S/C24H28ClN3O3S/c1-5-27(6-2)13-14-28(24-26-21-15(3)17(25)11-12-20(21)32-24)23(29)22-16(4)30-18-9-7-8-10-19(18)31-22/h7-12,16,22H,5-6,13-14H2,1-4H3. The van der Waals surface area contributed by atoms with E-state index >= 15 is 0 Å². The second-order valence-electron chi connectivity index (χ2n) is 7.84. The van der Waals surface area contributed by atoms with E-state index in [-0.39, 0.29) is 5.91 Å². The molecule has 0 radical (unpaired) electrons. The average molecular weight is 474 g/mol. The van der Waals surface area contributed by atoms with E-state index in [1.165, 1.54) is 11.3 Å². The van der Waals surface area contributed by atoms with Crippen LogP contribution >= 0.6 is 22.9 Å². The van der Waals surface area contributed by atoms with Gasteiger partial charge in [-0.15, -0.1) is 0 Å². The largest absolute Gasteiger partial charge is 0.482 e. The van der Waals surface area contributed by atoms with Crippen LogP contribution in [0, 0.1) is 6.92 Å². The summed E-state index contributed by atoms with van der Waals surface area (Å²) in [6.45, 7) is 11.1. The zero-order chi connectivity index (χ0) is 22.8. The Morgan fingerprint density at radius 2 is 1.78 bits per heavy atom. The molecule has 0 spiro atoms. The Hall–Kier alpha value is -2.35. The molecule has 1 aliphatic rings. The number of hydrogen-bond donors (Lipinski definition) is 0. The molecule has 0 fully saturated rings. The predicted octanol–water partition coefficient (Wildman–Crippen LogP) is 5.16. The molecule has 1 aromatic heterocycles. The smallest absolute Gasteiger partial charge is 0.273 e. The number of halogens is 1. The van der Waals surface area contributed by atoms with Crippen molar-refractivity contribution in [2.24, 2.45) is 0 Å². The Morgan fingerprint density at radius 3 is 2.47 bits per heavy atom. The lowest BCUT2D eigenvalue weighted by molar-refractivity contribution is -0.130. The lowest BCUT2D eigenvalue weighted by atomic mass is 10.1. The first kappa shape index (κ1) is 22.8. The molecule has 0 saturated carbocycles. The average Bonchev–Trinajstić information content (AvgIpc) is 3.23. The van der Waals surface area contributed by atoms with E-state index in [4.69, 9.17) is 26.1 Å². The van der Waals surface area contributed by atoms with E-state index in [0.717, 1.165) is 35.4 Å². The first-order valence-corrected chi connectivity index (χ1v) is 12.1. The van der Waals surface area contributed by atoms with Gasteiger partial charge in [0.15, 0.2) is 16.6 Å². The summed E-state index contributed by atoms with van der Waals surface area (Å²) in [5.41, 5.74) is 1.75. The third-order valence-electron chi connectivity index (χ3n) is 5.85. The summed E-state index contributed by atoms with van der Waals surface area (Å²) in [6, 6.07) is 11.3. The maximum atomic E-state index is 13.8. The molecule has 1 aliphatic heterocycles. The first-order valence-electron chi connectivity index (χ1n) is 10.9. The second kappa shape index (κ2) is 9.65. The minimum Gasteiger partial charge on any atom is -0.482 e. The summed E-state index contributed by atoms with van der Waals surface area (Å²) >= 11 is 7.80. The van der Waals surface area contributed by atoms with E-state index in [2.05, 4.69) is 18.7 Å². The van der Waals surface area contributed by atoms with Crippen molar-refractivity contribution in [3.8, 4) is 11.5 Å². The number of rotatable bonds is 7. The van der Waals surface area contributed by atoms with Gasteiger partial charge in [-0.2, -0.15) is 0 Å². The van der Waals surface area contributed by atoms with Crippen LogP contribution in [-0.2, 0) is 4.79 Å². The van der Waals surface area contributed by atoms with Crippen LogP contribution in [0.15, 0.2) is 36.4 Å². The molecule has 2 atom stereocenters. The number of ether oxygens (including phenoxy) is 2. The number of hydrogen-bond acceptors (Lipinski definition) is 6. The molecule has 0 bridgehead atoms. The van der Waals surface area contributed by atoms with Gasteiger partial charge in [0, 0.05) is 18.1 Å². The molecule has 3 aromatic rings. The van der Waals surface area contributed by atoms with Crippen molar-refractivity contribution < 1.29 is 14.3 Å². The lowest BCUT2D eigenvalue weighted by Crippen LogP contribution is -2.52. The lowest BCUT2D eigenvalue weighted by Gasteiger charge is -2.34. The molecule has 0 aliphatic carbocycles. The highest BCUT2D eigenvalue weighted by atomic mass is 35.5. The maximum absolute atomic E-state index is 13.8. The van der Waals surface area contributed by atoms with Crippen LogP contribution in [0.2, 0.25) is 5.02 Å². The maximum Gasteiger partial charge on any atom is 0.273 e. The van der Waals surface area contributed by atoms with Crippen molar-refractivity contribution in [2.45, 2.75) is 39.9 Å². The Morgan fingerprint density at radius 1 is 1.09 bits per heavy atom. The monoisotopic (exact) mass is 473 g/mol. The van der Waals surface area contributed by atoms with E-state index in [1.807, 2.05) is 50.2 Å². The topological polar surface area (TPSA) is 54.9 Å². The quantitative estimate of drug-likeness (QED) is 0.474. The van der Waals surface area contributed by atoms with Gasteiger partial charge in [-0.05, 0) is 56.8 Å². The van der Waals surface area contributed by atoms with Gasteiger partial charge in [0.1, 0.15) is 6.10 Å². The Kier molecular flexibility index (Phi) is 6.88. The number of aromatic nitrogens is 1. The molecule has 0 saturated heterocycles. The van der Waals surface area contributed by atoms with E-state index in [9.17, 15) is 4.79 Å². The summed E-state index contributed by atoms with van der Waals surface area (Å²) in [5.74, 6) is 1.09. The van der Waals surface area contributed by atoms with E-state index in [0.29, 0.717) is 28.2 Å². The second-order valence-corrected chi connectivity index (χ2v) is 9.26. The van der Waals surface area contributed by atoms with E-state index < -0.39 is 12.2 Å². The van der Waals surface area contributed by atoms with Crippen molar-refractivity contribution in [1.82, 2.24) is 9.88 Å². The molecule has 2 aromatic carbocycles. The van der Waals surface area contributed by atoms with Crippen LogP contribution in [0.3, 0.4) is 0 Å². The summed E-state index contributed by atoms with van der Waals surface area (Å²) in [6.07, 6.45) is -1.17. The zero-order valence-electron chi connectivity index (χ0n) is 18.8. The molecule has 4 rings (SSSR count). The fourth-order valence-corrected chi connectivity index (χ4v) is 5.04. The number of carbonyl (C=O) groups excluding carboxylic acids is 1. The normalized spacial score (nSPS) is 17.7. The number of fused-ring (bicyclic) bond motifs is 2. The number of para-hydroxylation sites is 2. The number of nitrogens with zero attached hydrogens (tertiary/aromatic N) is 3. The van der Waals surface area contributed by atoms with Crippen molar-refractivity contribution >= 4 is 44.2 Å². The van der Waals surface area contributed by atoms with Crippen LogP contribution in [0.1, 0.15) is 26.3 Å². The van der Waals surface area contributed by atoms with Gasteiger partial charge in [-0.3, -0.25) is 9.69 Å². The number of likely N-dealkylation sites (N-methyl/N-ethyl adjacent to an activating group) is 1. The fraction of sp³-hybridized carbons (Fsp3) is 0.417. The van der Waals surface area contributed by atoms with Crippen molar-refractivity contribution in [3.63, 3.8) is 0 Å². The Balaban J connectivity index is 1.68. The van der Waals surface area contributed by atoms with Crippen LogP contribution in [0.25, 0.3) is 10.2 Å².